The predicted molar refractivity (Wildman–Crippen MR) is 71.3 cm³/mol. The lowest BCUT2D eigenvalue weighted by molar-refractivity contribution is 0.0304. The van der Waals surface area contributed by atoms with Crippen LogP contribution in [0.25, 0.3) is 0 Å². The number of nitrogens with one attached hydrogen (secondary N) is 1. The van der Waals surface area contributed by atoms with Crippen molar-refractivity contribution in [3.05, 3.63) is 0 Å². The Morgan fingerprint density at radius 2 is 2.06 bits per heavy atom. The molecule has 0 spiro atoms. The van der Waals surface area contributed by atoms with Gasteiger partial charge in [0.1, 0.15) is 0 Å². The maximum Gasteiger partial charge on any atom is 0.0698 e. The molecule has 2 saturated heterocycles. The van der Waals surface area contributed by atoms with E-state index in [4.69, 9.17) is 4.74 Å². The van der Waals surface area contributed by atoms with Gasteiger partial charge in [0, 0.05) is 13.7 Å². The van der Waals surface area contributed by atoms with E-state index < -0.39 is 0 Å². The van der Waals surface area contributed by atoms with E-state index in [1.165, 1.54) is 64.7 Å². The van der Waals surface area contributed by atoms with Gasteiger partial charge in [-0.1, -0.05) is 0 Å². The minimum atomic E-state index is 0.489. The Labute approximate surface area is 106 Å². The molecule has 2 aliphatic rings. The molecule has 1 N–H and O–H groups in total. The van der Waals surface area contributed by atoms with Gasteiger partial charge in [0.25, 0.3) is 0 Å². The van der Waals surface area contributed by atoms with E-state index in [1.807, 2.05) is 7.11 Å². The first-order chi connectivity index (χ1) is 8.38. The van der Waals surface area contributed by atoms with Crippen molar-refractivity contribution in [3.8, 4) is 0 Å². The molecular weight excluding hydrogens is 212 g/mol. The lowest BCUT2D eigenvalue weighted by Gasteiger charge is -2.32. The van der Waals surface area contributed by atoms with Crippen molar-refractivity contribution in [2.75, 3.05) is 39.8 Å². The number of rotatable bonds is 5. The van der Waals surface area contributed by atoms with Crippen LogP contribution in [0.15, 0.2) is 0 Å². The van der Waals surface area contributed by atoms with Crippen LogP contribution in [0.2, 0.25) is 0 Å². The average molecular weight is 240 g/mol. The van der Waals surface area contributed by atoms with Crippen LogP contribution in [0, 0.1) is 5.92 Å². The molecule has 0 amide bonds. The first-order valence-corrected chi connectivity index (χ1v) is 7.34. The van der Waals surface area contributed by atoms with E-state index in [0.717, 1.165) is 12.5 Å². The summed E-state index contributed by atoms with van der Waals surface area (Å²) in [5, 5.41) is 3.44. The van der Waals surface area contributed by atoms with Gasteiger partial charge in [-0.3, -0.25) is 0 Å². The van der Waals surface area contributed by atoms with E-state index in [9.17, 15) is 0 Å². The summed E-state index contributed by atoms with van der Waals surface area (Å²) >= 11 is 0. The van der Waals surface area contributed by atoms with Crippen LogP contribution in [0.5, 0.6) is 0 Å². The molecule has 0 aromatic rings. The lowest BCUT2D eigenvalue weighted by atomic mass is 9.93. The SMILES string of the molecule is COC1CCCN(CCCC2CCNCC2)C1. The standard InChI is InChI=1S/C14H28N2O/c1-17-14-5-3-11-16(12-14)10-2-4-13-6-8-15-9-7-13/h13-15H,2-12H2,1H3. The van der Waals surface area contributed by atoms with Crippen LogP contribution in [-0.2, 0) is 4.74 Å². The molecule has 2 heterocycles. The highest BCUT2D eigenvalue weighted by Crippen LogP contribution is 2.19. The van der Waals surface area contributed by atoms with Crippen molar-refractivity contribution in [2.45, 2.75) is 44.6 Å². The molecule has 0 aromatic carbocycles. The van der Waals surface area contributed by atoms with Crippen LogP contribution < -0.4 is 5.32 Å². The monoisotopic (exact) mass is 240 g/mol. The lowest BCUT2D eigenvalue weighted by Crippen LogP contribution is -2.39. The third-order valence-electron chi connectivity index (χ3n) is 4.34. The molecule has 0 aliphatic carbocycles. The van der Waals surface area contributed by atoms with Crippen LogP contribution >= 0.6 is 0 Å². The highest BCUT2D eigenvalue weighted by atomic mass is 16.5. The molecule has 0 saturated carbocycles. The van der Waals surface area contributed by atoms with E-state index in [2.05, 4.69) is 10.2 Å². The second-order valence-corrected chi connectivity index (χ2v) is 5.64. The molecule has 2 aliphatic heterocycles. The smallest absolute Gasteiger partial charge is 0.0698 e. The number of hydrogen-bond acceptors (Lipinski definition) is 3. The number of methoxy groups -OCH3 is 1. The zero-order valence-corrected chi connectivity index (χ0v) is 11.3. The largest absolute Gasteiger partial charge is 0.380 e. The van der Waals surface area contributed by atoms with Crippen LogP contribution in [0.4, 0.5) is 0 Å². The van der Waals surface area contributed by atoms with E-state index >= 15 is 0 Å². The quantitative estimate of drug-likeness (QED) is 0.794. The van der Waals surface area contributed by atoms with Crippen LogP contribution in [0.3, 0.4) is 0 Å². The fraction of sp³-hybridized carbons (Fsp3) is 1.00. The summed E-state index contributed by atoms with van der Waals surface area (Å²) in [5.74, 6) is 0.985. The van der Waals surface area contributed by atoms with Gasteiger partial charge in [-0.05, 0) is 70.6 Å². The number of likely N-dealkylation sites (tertiary alicyclic amines) is 1. The predicted octanol–water partition coefficient (Wildman–Crippen LogP) is 1.88. The van der Waals surface area contributed by atoms with Gasteiger partial charge in [-0.25, -0.2) is 0 Å². The number of piperidine rings is 2. The molecule has 100 valence electrons. The van der Waals surface area contributed by atoms with Gasteiger partial charge in [-0.2, -0.15) is 0 Å². The van der Waals surface area contributed by atoms with Gasteiger partial charge in [0.15, 0.2) is 0 Å². The first-order valence-electron chi connectivity index (χ1n) is 7.34. The van der Waals surface area contributed by atoms with Crippen molar-refractivity contribution in [1.82, 2.24) is 10.2 Å². The summed E-state index contributed by atoms with van der Waals surface area (Å²) in [5.41, 5.74) is 0. The highest BCUT2D eigenvalue weighted by molar-refractivity contribution is 4.74. The second kappa shape index (κ2) is 7.34. The fourth-order valence-corrected chi connectivity index (χ4v) is 3.18. The van der Waals surface area contributed by atoms with Gasteiger partial charge in [0.05, 0.1) is 6.10 Å². The first kappa shape index (κ1) is 13.3. The van der Waals surface area contributed by atoms with E-state index in [-0.39, 0.29) is 0 Å². The minimum absolute atomic E-state index is 0.489. The molecule has 2 rings (SSSR count). The Hall–Kier alpha value is -0.120. The number of nitrogens with zero attached hydrogens (tertiary/aromatic N) is 1. The molecule has 3 nitrogen and oxygen atoms in total. The molecule has 3 heteroatoms. The fourth-order valence-electron chi connectivity index (χ4n) is 3.18. The Balaban J connectivity index is 1.57. The van der Waals surface area contributed by atoms with Crippen molar-refractivity contribution >= 4 is 0 Å². The summed E-state index contributed by atoms with van der Waals surface area (Å²) < 4.78 is 5.47. The van der Waals surface area contributed by atoms with E-state index in [0.29, 0.717) is 6.10 Å². The Morgan fingerprint density at radius 1 is 1.24 bits per heavy atom. The van der Waals surface area contributed by atoms with E-state index in [1.54, 1.807) is 0 Å². The molecule has 0 radical (unpaired) electrons. The van der Waals surface area contributed by atoms with Gasteiger partial charge in [-0.15, -0.1) is 0 Å². The summed E-state index contributed by atoms with van der Waals surface area (Å²) in [6.45, 7) is 6.19. The number of ether oxygens (including phenoxy) is 1. The van der Waals surface area contributed by atoms with Crippen molar-refractivity contribution in [1.29, 1.82) is 0 Å². The normalized spacial score (nSPS) is 28.4. The summed E-state index contributed by atoms with van der Waals surface area (Å²) in [7, 11) is 1.85. The third-order valence-corrected chi connectivity index (χ3v) is 4.34. The summed E-state index contributed by atoms with van der Waals surface area (Å²) in [4.78, 5) is 2.60. The van der Waals surface area contributed by atoms with Crippen molar-refractivity contribution in [3.63, 3.8) is 0 Å². The molecular formula is C14H28N2O. The topological polar surface area (TPSA) is 24.5 Å². The molecule has 2 fully saturated rings. The zero-order valence-electron chi connectivity index (χ0n) is 11.3. The molecule has 0 aromatic heterocycles. The Morgan fingerprint density at radius 3 is 2.82 bits per heavy atom. The second-order valence-electron chi connectivity index (χ2n) is 5.64. The molecule has 17 heavy (non-hydrogen) atoms. The maximum atomic E-state index is 5.47. The summed E-state index contributed by atoms with van der Waals surface area (Å²) in [6, 6.07) is 0. The van der Waals surface area contributed by atoms with Crippen molar-refractivity contribution in [2.24, 2.45) is 5.92 Å². The minimum Gasteiger partial charge on any atom is -0.380 e. The Bertz CT molecular complexity index is 204. The highest BCUT2D eigenvalue weighted by Gasteiger charge is 2.19. The molecule has 0 bridgehead atoms. The van der Waals surface area contributed by atoms with Crippen molar-refractivity contribution < 1.29 is 4.74 Å². The van der Waals surface area contributed by atoms with Gasteiger partial charge < -0.3 is 15.0 Å². The number of hydrogen-bond donors (Lipinski definition) is 1. The average Bonchev–Trinajstić information content (AvgIpc) is 2.40. The van der Waals surface area contributed by atoms with Crippen LogP contribution in [0.1, 0.15) is 38.5 Å². The van der Waals surface area contributed by atoms with Crippen LogP contribution in [-0.4, -0.2) is 50.8 Å². The molecule has 1 atom stereocenters. The van der Waals surface area contributed by atoms with Gasteiger partial charge in [0.2, 0.25) is 0 Å². The zero-order chi connectivity index (χ0) is 11.9. The molecule has 1 unspecified atom stereocenters. The summed E-state index contributed by atoms with van der Waals surface area (Å²) in [6.07, 6.45) is 8.63. The Kier molecular flexibility index (Phi) is 5.75. The van der Waals surface area contributed by atoms with Gasteiger partial charge >= 0.3 is 0 Å². The maximum absolute atomic E-state index is 5.47. The third kappa shape index (κ3) is 4.57.